The Morgan fingerprint density at radius 3 is 2.80 bits per heavy atom. The Kier molecular flexibility index (Phi) is 4.08. The normalized spacial score (nSPS) is 28.2. The van der Waals surface area contributed by atoms with E-state index in [-0.39, 0.29) is 23.6 Å². The Morgan fingerprint density at radius 2 is 2.33 bits per heavy atom. The molecule has 1 saturated heterocycles. The first-order valence-corrected chi connectivity index (χ1v) is 6.82. The van der Waals surface area contributed by atoms with E-state index < -0.39 is 9.84 Å². The number of rotatable bonds is 3. The highest BCUT2D eigenvalue weighted by Gasteiger charge is 2.29. The predicted molar refractivity (Wildman–Crippen MR) is 58.1 cm³/mol. The van der Waals surface area contributed by atoms with Gasteiger partial charge in [0.25, 0.3) is 0 Å². The molecule has 5 nitrogen and oxygen atoms in total. The van der Waals surface area contributed by atoms with Crippen molar-refractivity contribution in [3.63, 3.8) is 0 Å². The lowest BCUT2D eigenvalue weighted by molar-refractivity contribution is 0.216. The number of sulfone groups is 1. The van der Waals surface area contributed by atoms with Gasteiger partial charge in [0.15, 0.2) is 9.84 Å². The molecule has 0 aromatic rings. The van der Waals surface area contributed by atoms with Crippen LogP contribution < -0.4 is 5.32 Å². The van der Waals surface area contributed by atoms with Crippen molar-refractivity contribution in [2.75, 3.05) is 31.6 Å². The minimum Gasteiger partial charge on any atom is -0.304 e. The quantitative estimate of drug-likeness (QED) is 0.689. The minimum atomic E-state index is -2.86. The van der Waals surface area contributed by atoms with Gasteiger partial charge in [-0.2, -0.15) is 5.26 Å². The molecule has 0 aromatic carbocycles. The van der Waals surface area contributed by atoms with Crippen molar-refractivity contribution in [3.05, 3.63) is 0 Å². The van der Waals surface area contributed by atoms with Crippen molar-refractivity contribution in [2.45, 2.75) is 19.0 Å². The van der Waals surface area contributed by atoms with Crippen LogP contribution >= 0.6 is 0 Å². The zero-order valence-electron chi connectivity index (χ0n) is 9.10. The van der Waals surface area contributed by atoms with Gasteiger partial charge in [0.2, 0.25) is 0 Å². The summed E-state index contributed by atoms with van der Waals surface area (Å²) < 4.78 is 22.6. The number of nitrogens with one attached hydrogen (secondary N) is 1. The van der Waals surface area contributed by atoms with Crippen LogP contribution in [0.5, 0.6) is 0 Å². The van der Waals surface area contributed by atoms with Crippen LogP contribution in [0.25, 0.3) is 0 Å². The van der Waals surface area contributed by atoms with Gasteiger partial charge in [-0.3, -0.25) is 4.90 Å². The van der Waals surface area contributed by atoms with Crippen molar-refractivity contribution < 1.29 is 8.42 Å². The molecule has 2 unspecified atom stereocenters. The molecule has 0 aliphatic carbocycles. The maximum Gasteiger partial charge on any atom is 0.153 e. The maximum absolute atomic E-state index is 11.3. The van der Waals surface area contributed by atoms with Crippen LogP contribution in [0, 0.1) is 11.3 Å². The van der Waals surface area contributed by atoms with Gasteiger partial charge in [-0.1, -0.05) is 0 Å². The van der Waals surface area contributed by atoms with Crippen LogP contribution in [0.15, 0.2) is 0 Å². The Hall–Kier alpha value is -0.640. The highest BCUT2D eigenvalue weighted by atomic mass is 32.2. The molecule has 0 radical (unpaired) electrons. The molecule has 1 aliphatic heterocycles. The summed E-state index contributed by atoms with van der Waals surface area (Å²) in [6.07, 6.45) is 0. The molecule has 6 heteroatoms. The van der Waals surface area contributed by atoms with Gasteiger partial charge >= 0.3 is 0 Å². The third-order valence-corrected chi connectivity index (χ3v) is 4.52. The molecular formula is C9H17N3O2S. The summed E-state index contributed by atoms with van der Waals surface area (Å²) in [4.78, 5) is 2.05. The lowest BCUT2D eigenvalue weighted by atomic mass is 10.2. The summed E-state index contributed by atoms with van der Waals surface area (Å²) in [5.74, 6) is 0.411. The number of nitriles is 1. The molecule has 1 aliphatic rings. The summed E-state index contributed by atoms with van der Waals surface area (Å²) in [7, 11) is -1.12. The van der Waals surface area contributed by atoms with Gasteiger partial charge in [-0.05, 0) is 14.0 Å². The van der Waals surface area contributed by atoms with Crippen molar-refractivity contribution in [3.8, 4) is 6.07 Å². The summed E-state index contributed by atoms with van der Waals surface area (Å²) in [6.45, 7) is 3.01. The monoisotopic (exact) mass is 231 g/mol. The summed E-state index contributed by atoms with van der Waals surface area (Å²) >= 11 is 0. The molecular weight excluding hydrogens is 214 g/mol. The first-order chi connectivity index (χ1) is 6.98. The number of likely N-dealkylation sites (N-methyl/N-ethyl adjacent to an activating group) is 1. The average molecular weight is 231 g/mol. The van der Waals surface area contributed by atoms with E-state index in [2.05, 4.69) is 11.4 Å². The maximum atomic E-state index is 11.3. The zero-order valence-corrected chi connectivity index (χ0v) is 9.92. The second-order valence-electron chi connectivity index (χ2n) is 3.93. The molecule has 15 heavy (non-hydrogen) atoms. The molecule has 1 heterocycles. The average Bonchev–Trinajstić information content (AvgIpc) is 2.16. The van der Waals surface area contributed by atoms with E-state index in [1.165, 1.54) is 0 Å². The molecule has 0 amide bonds. The van der Waals surface area contributed by atoms with Crippen LogP contribution in [0.2, 0.25) is 0 Å². The first kappa shape index (κ1) is 12.4. The second kappa shape index (κ2) is 4.92. The third-order valence-electron chi connectivity index (χ3n) is 2.73. The van der Waals surface area contributed by atoms with Gasteiger partial charge in [-0.25, -0.2) is 8.42 Å². The fourth-order valence-corrected chi connectivity index (χ4v) is 3.36. The summed E-state index contributed by atoms with van der Waals surface area (Å²) in [5.41, 5.74) is 0. The Morgan fingerprint density at radius 1 is 1.67 bits per heavy atom. The zero-order chi connectivity index (χ0) is 11.5. The largest absolute Gasteiger partial charge is 0.304 e. The Balaban J connectivity index is 2.56. The molecule has 0 bridgehead atoms. The molecule has 2 atom stereocenters. The molecule has 0 spiro atoms. The molecule has 86 valence electrons. The van der Waals surface area contributed by atoms with E-state index in [4.69, 9.17) is 5.26 Å². The van der Waals surface area contributed by atoms with Crippen LogP contribution in [0.3, 0.4) is 0 Å². The standard InChI is InChI=1S/C9H17N3O2S/c1-8-7-15(13,14)4-3-12(8)6-9(5-10)11-2/h8-9,11H,3-4,6-7H2,1-2H3. The lowest BCUT2D eigenvalue weighted by Crippen LogP contribution is -2.51. The molecule has 0 saturated carbocycles. The van der Waals surface area contributed by atoms with Crippen molar-refractivity contribution in [2.24, 2.45) is 0 Å². The fourth-order valence-electron chi connectivity index (χ4n) is 1.74. The Labute approximate surface area is 91.0 Å². The van der Waals surface area contributed by atoms with E-state index in [0.29, 0.717) is 13.1 Å². The highest BCUT2D eigenvalue weighted by Crippen LogP contribution is 2.11. The predicted octanol–water partition coefficient (Wildman–Crippen LogP) is -0.783. The van der Waals surface area contributed by atoms with Gasteiger partial charge < -0.3 is 5.32 Å². The smallest absolute Gasteiger partial charge is 0.153 e. The van der Waals surface area contributed by atoms with E-state index in [1.54, 1.807) is 7.05 Å². The minimum absolute atomic E-state index is 0.00736. The number of nitrogens with zero attached hydrogens (tertiary/aromatic N) is 2. The van der Waals surface area contributed by atoms with E-state index >= 15 is 0 Å². The van der Waals surface area contributed by atoms with E-state index in [1.807, 2.05) is 11.8 Å². The van der Waals surface area contributed by atoms with Gasteiger partial charge in [0, 0.05) is 19.1 Å². The summed E-state index contributed by atoms with van der Waals surface area (Å²) in [6, 6.07) is 1.92. The van der Waals surface area contributed by atoms with Crippen molar-refractivity contribution >= 4 is 9.84 Å². The number of hydrogen-bond donors (Lipinski definition) is 1. The fraction of sp³-hybridized carbons (Fsp3) is 0.889. The lowest BCUT2D eigenvalue weighted by Gasteiger charge is -2.34. The van der Waals surface area contributed by atoms with Crippen LogP contribution in [-0.4, -0.2) is 57.0 Å². The van der Waals surface area contributed by atoms with Gasteiger partial charge in [0.1, 0.15) is 6.04 Å². The molecule has 1 fully saturated rings. The molecule has 1 N–H and O–H groups in total. The summed E-state index contributed by atoms with van der Waals surface area (Å²) in [5, 5.41) is 11.7. The van der Waals surface area contributed by atoms with Crippen molar-refractivity contribution in [1.82, 2.24) is 10.2 Å². The third kappa shape index (κ3) is 3.45. The highest BCUT2D eigenvalue weighted by molar-refractivity contribution is 7.91. The van der Waals surface area contributed by atoms with E-state index in [0.717, 1.165) is 0 Å². The van der Waals surface area contributed by atoms with Crippen LogP contribution in [0.4, 0.5) is 0 Å². The first-order valence-electron chi connectivity index (χ1n) is 5.00. The molecule has 0 aromatic heterocycles. The van der Waals surface area contributed by atoms with Crippen molar-refractivity contribution in [1.29, 1.82) is 5.26 Å². The topological polar surface area (TPSA) is 73.2 Å². The number of hydrogen-bond acceptors (Lipinski definition) is 5. The molecule has 1 rings (SSSR count). The van der Waals surface area contributed by atoms with Gasteiger partial charge in [0.05, 0.1) is 17.6 Å². The second-order valence-corrected chi connectivity index (χ2v) is 6.16. The SMILES string of the molecule is CNC(C#N)CN1CCS(=O)(=O)CC1C. The van der Waals surface area contributed by atoms with Gasteiger partial charge in [-0.15, -0.1) is 0 Å². The van der Waals surface area contributed by atoms with Crippen LogP contribution in [0.1, 0.15) is 6.92 Å². The van der Waals surface area contributed by atoms with E-state index in [9.17, 15) is 8.42 Å². The van der Waals surface area contributed by atoms with Crippen LogP contribution in [-0.2, 0) is 9.84 Å². The Bertz CT molecular complexity index is 347.